The highest BCUT2D eigenvalue weighted by molar-refractivity contribution is 9.10. The van der Waals surface area contributed by atoms with E-state index in [0.717, 1.165) is 21.8 Å². The second-order valence-corrected chi connectivity index (χ2v) is 5.62. The number of H-pyrrole nitrogens is 1. The summed E-state index contributed by atoms with van der Waals surface area (Å²) in [4.78, 5) is 0. The lowest BCUT2D eigenvalue weighted by molar-refractivity contribution is -0.0253. The number of hydrogen-bond acceptors (Lipinski definition) is 1. The average molecular weight is 315 g/mol. The minimum Gasteiger partial charge on any atom is -0.278 e. The number of nitrogens with zero attached hydrogens (tertiary/aromatic N) is 1. The Morgan fingerprint density at radius 2 is 2.33 bits per heavy atom. The van der Waals surface area contributed by atoms with Gasteiger partial charge in [0.2, 0.25) is 0 Å². The minimum absolute atomic E-state index is 0.0649. The Kier molecular flexibility index (Phi) is 2.70. The molecular formula is C13H13BrF2N2. The van der Waals surface area contributed by atoms with E-state index in [1.165, 1.54) is 0 Å². The molecule has 1 aromatic carbocycles. The zero-order valence-corrected chi connectivity index (χ0v) is 11.5. The SMILES string of the molecule is CC[C@@H]1CCC(F)(F)c2cc3[nH]ncc3c(Br)c21. The number of benzene rings is 1. The number of fused-ring (bicyclic) bond motifs is 2. The molecule has 18 heavy (non-hydrogen) atoms. The molecule has 1 aliphatic rings. The van der Waals surface area contributed by atoms with E-state index in [1.807, 2.05) is 6.92 Å². The first-order valence-electron chi connectivity index (χ1n) is 6.08. The fraction of sp³-hybridized carbons (Fsp3) is 0.462. The number of aromatic amines is 1. The Hall–Kier alpha value is -0.970. The standard InChI is InChI=1S/C13H13BrF2N2/c1-2-7-3-4-13(15,16)9-5-10-8(6-17-18-10)12(14)11(7)9/h5-7H,2-4H2,1H3,(H,17,18)/t7-/m1/s1. The molecule has 5 heteroatoms. The topological polar surface area (TPSA) is 28.7 Å². The monoisotopic (exact) mass is 314 g/mol. The van der Waals surface area contributed by atoms with Crippen LogP contribution in [0.1, 0.15) is 43.2 Å². The lowest BCUT2D eigenvalue weighted by Crippen LogP contribution is -2.24. The van der Waals surface area contributed by atoms with E-state index in [0.29, 0.717) is 11.9 Å². The molecule has 96 valence electrons. The maximum Gasteiger partial charge on any atom is 0.273 e. The molecule has 0 saturated carbocycles. The quantitative estimate of drug-likeness (QED) is 0.811. The summed E-state index contributed by atoms with van der Waals surface area (Å²) in [7, 11) is 0. The Bertz CT molecular complexity index is 606. The van der Waals surface area contributed by atoms with Crippen LogP contribution in [0.2, 0.25) is 0 Å². The Morgan fingerprint density at radius 3 is 3.06 bits per heavy atom. The van der Waals surface area contributed by atoms with Gasteiger partial charge in [0.15, 0.2) is 0 Å². The second kappa shape index (κ2) is 4.02. The van der Waals surface area contributed by atoms with E-state index in [-0.39, 0.29) is 17.9 Å². The summed E-state index contributed by atoms with van der Waals surface area (Å²) in [5.74, 6) is -2.53. The molecule has 1 heterocycles. The lowest BCUT2D eigenvalue weighted by Gasteiger charge is -2.32. The third kappa shape index (κ3) is 1.60. The predicted molar refractivity (Wildman–Crippen MR) is 70.0 cm³/mol. The smallest absolute Gasteiger partial charge is 0.273 e. The van der Waals surface area contributed by atoms with Gasteiger partial charge in [0, 0.05) is 21.8 Å². The molecule has 0 unspecified atom stereocenters. The fourth-order valence-electron chi connectivity index (χ4n) is 2.81. The van der Waals surface area contributed by atoms with Crippen LogP contribution in [0.5, 0.6) is 0 Å². The van der Waals surface area contributed by atoms with Crippen molar-refractivity contribution in [3.05, 3.63) is 27.9 Å². The van der Waals surface area contributed by atoms with Gasteiger partial charge in [-0.25, -0.2) is 8.78 Å². The summed E-state index contributed by atoms with van der Waals surface area (Å²) in [5.41, 5.74) is 1.59. The van der Waals surface area contributed by atoms with Crippen LogP contribution in [0.4, 0.5) is 8.78 Å². The minimum atomic E-state index is -2.73. The molecule has 2 aromatic rings. The third-order valence-corrected chi connectivity index (χ3v) is 4.68. The van der Waals surface area contributed by atoms with Crippen LogP contribution < -0.4 is 0 Å². The molecule has 0 saturated heterocycles. The molecule has 0 amide bonds. The first kappa shape index (κ1) is 12.1. The van der Waals surface area contributed by atoms with E-state index in [4.69, 9.17) is 0 Å². The molecule has 3 rings (SSSR count). The van der Waals surface area contributed by atoms with Gasteiger partial charge in [-0.1, -0.05) is 6.92 Å². The van der Waals surface area contributed by atoms with Gasteiger partial charge >= 0.3 is 0 Å². The molecule has 1 aliphatic carbocycles. The largest absolute Gasteiger partial charge is 0.278 e. The van der Waals surface area contributed by atoms with Crippen LogP contribution in [0.15, 0.2) is 16.7 Å². The summed E-state index contributed by atoms with van der Waals surface area (Å²) >= 11 is 3.49. The van der Waals surface area contributed by atoms with Crippen molar-refractivity contribution in [3.63, 3.8) is 0 Å². The highest BCUT2D eigenvalue weighted by atomic mass is 79.9. The van der Waals surface area contributed by atoms with Crippen molar-refractivity contribution >= 4 is 26.8 Å². The normalized spacial score (nSPS) is 22.1. The molecule has 0 bridgehead atoms. The van der Waals surface area contributed by atoms with Gasteiger partial charge in [-0.2, -0.15) is 5.10 Å². The van der Waals surface area contributed by atoms with Crippen LogP contribution in [0, 0.1) is 0 Å². The van der Waals surface area contributed by atoms with Gasteiger partial charge in [-0.15, -0.1) is 0 Å². The molecule has 0 radical (unpaired) electrons. The summed E-state index contributed by atoms with van der Waals surface area (Å²) in [5, 5.41) is 7.58. The zero-order valence-electron chi connectivity index (χ0n) is 9.93. The fourth-order valence-corrected chi connectivity index (χ4v) is 3.66. The van der Waals surface area contributed by atoms with Crippen LogP contribution in [0.25, 0.3) is 10.9 Å². The van der Waals surface area contributed by atoms with Crippen LogP contribution in [0.3, 0.4) is 0 Å². The number of hydrogen-bond donors (Lipinski definition) is 1. The first-order valence-corrected chi connectivity index (χ1v) is 6.87. The van der Waals surface area contributed by atoms with Gasteiger partial charge < -0.3 is 0 Å². The van der Waals surface area contributed by atoms with Gasteiger partial charge in [0.05, 0.1) is 11.7 Å². The average Bonchev–Trinajstić information content (AvgIpc) is 2.79. The van der Waals surface area contributed by atoms with Crippen molar-refractivity contribution in [2.45, 2.75) is 38.0 Å². The number of nitrogens with one attached hydrogen (secondary N) is 1. The zero-order chi connectivity index (χ0) is 12.9. The number of alkyl halides is 2. The van der Waals surface area contributed by atoms with Crippen LogP contribution in [-0.2, 0) is 5.92 Å². The van der Waals surface area contributed by atoms with Crippen molar-refractivity contribution in [1.29, 1.82) is 0 Å². The summed E-state index contributed by atoms with van der Waals surface area (Å²) in [6.07, 6.45) is 3.03. The molecule has 1 aromatic heterocycles. The Labute approximate surface area is 112 Å². The molecule has 1 atom stereocenters. The molecule has 0 spiro atoms. The molecule has 2 nitrogen and oxygen atoms in total. The van der Waals surface area contributed by atoms with E-state index in [2.05, 4.69) is 26.1 Å². The van der Waals surface area contributed by atoms with Gasteiger partial charge in [0.1, 0.15) is 0 Å². The third-order valence-electron chi connectivity index (χ3n) is 3.82. The van der Waals surface area contributed by atoms with E-state index < -0.39 is 5.92 Å². The van der Waals surface area contributed by atoms with Crippen molar-refractivity contribution in [2.24, 2.45) is 0 Å². The molecule has 1 N–H and O–H groups in total. The number of aromatic nitrogens is 2. The van der Waals surface area contributed by atoms with Crippen molar-refractivity contribution in [2.75, 3.05) is 0 Å². The van der Waals surface area contributed by atoms with Crippen LogP contribution in [-0.4, -0.2) is 10.2 Å². The lowest BCUT2D eigenvalue weighted by atomic mass is 9.79. The van der Waals surface area contributed by atoms with E-state index in [1.54, 1.807) is 12.3 Å². The maximum absolute atomic E-state index is 14.1. The summed E-state index contributed by atoms with van der Waals surface area (Å²) in [6.45, 7) is 2.05. The van der Waals surface area contributed by atoms with Gasteiger partial charge in [0.25, 0.3) is 5.92 Å². The van der Waals surface area contributed by atoms with Crippen LogP contribution >= 0.6 is 15.9 Å². The summed E-state index contributed by atoms with van der Waals surface area (Å²) < 4.78 is 28.9. The summed E-state index contributed by atoms with van der Waals surface area (Å²) in [6, 6.07) is 1.56. The number of halogens is 3. The Balaban J connectivity index is 2.35. The second-order valence-electron chi connectivity index (χ2n) is 4.83. The van der Waals surface area contributed by atoms with Gasteiger partial charge in [-0.05, 0) is 46.3 Å². The highest BCUT2D eigenvalue weighted by Gasteiger charge is 2.41. The number of rotatable bonds is 1. The maximum atomic E-state index is 14.1. The first-order chi connectivity index (χ1) is 8.54. The van der Waals surface area contributed by atoms with Crippen molar-refractivity contribution in [3.8, 4) is 0 Å². The Morgan fingerprint density at radius 1 is 1.56 bits per heavy atom. The van der Waals surface area contributed by atoms with E-state index in [9.17, 15) is 8.78 Å². The van der Waals surface area contributed by atoms with Crippen molar-refractivity contribution in [1.82, 2.24) is 10.2 Å². The predicted octanol–water partition coefficient (Wildman–Crippen LogP) is 4.70. The van der Waals surface area contributed by atoms with Crippen molar-refractivity contribution < 1.29 is 8.78 Å². The van der Waals surface area contributed by atoms with Gasteiger partial charge in [-0.3, -0.25) is 5.10 Å². The molecule has 0 fully saturated rings. The van der Waals surface area contributed by atoms with E-state index >= 15 is 0 Å². The highest BCUT2D eigenvalue weighted by Crippen LogP contribution is 2.50. The molecular weight excluding hydrogens is 302 g/mol. The molecule has 0 aliphatic heterocycles.